The van der Waals surface area contributed by atoms with Gasteiger partial charge in [-0.05, 0) is 38.4 Å². The number of aromatic nitrogens is 3. The highest BCUT2D eigenvalue weighted by Gasteiger charge is 2.22. The number of likely N-dealkylation sites (tertiary alicyclic amines) is 1. The van der Waals surface area contributed by atoms with E-state index in [4.69, 9.17) is 4.98 Å². The minimum absolute atomic E-state index is 0.570. The normalized spacial score (nSPS) is 20.2. The van der Waals surface area contributed by atoms with Crippen molar-refractivity contribution in [2.75, 3.05) is 13.1 Å². The fourth-order valence-corrected chi connectivity index (χ4v) is 3.04. The molecule has 3 heterocycles. The molecule has 0 spiro atoms. The molecule has 1 aliphatic heterocycles. The lowest BCUT2D eigenvalue weighted by atomic mass is 9.94. The standard InChI is InChI=1S/C16H22N4/c1-13-5-3-7-16(18-13)15-6-4-8-20(12-15)11-14-9-17-19(2)10-14/h3,5,7,9-10,15H,4,6,8,11-12H2,1-2H3/t15-/m1/s1. The molecule has 106 valence electrons. The quantitative estimate of drug-likeness (QED) is 0.859. The fraction of sp³-hybridized carbons (Fsp3) is 0.500. The second kappa shape index (κ2) is 5.75. The summed E-state index contributed by atoms with van der Waals surface area (Å²) in [7, 11) is 1.97. The summed E-state index contributed by atoms with van der Waals surface area (Å²) in [6.45, 7) is 5.35. The van der Waals surface area contributed by atoms with Crippen LogP contribution in [0.2, 0.25) is 0 Å². The van der Waals surface area contributed by atoms with E-state index in [0.717, 1.165) is 18.8 Å². The van der Waals surface area contributed by atoms with Gasteiger partial charge in [0, 0.05) is 49.2 Å². The third-order valence-corrected chi connectivity index (χ3v) is 4.00. The first kappa shape index (κ1) is 13.3. The molecule has 3 rings (SSSR count). The van der Waals surface area contributed by atoms with E-state index in [9.17, 15) is 0 Å². The van der Waals surface area contributed by atoms with Crippen LogP contribution in [0.1, 0.15) is 35.7 Å². The van der Waals surface area contributed by atoms with Gasteiger partial charge in [0.15, 0.2) is 0 Å². The van der Waals surface area contributed by atoms with Crippen molar-refractivity contribution in [3.05, 3.63) is 47.5 Å². The largest absolute Gasteiger partial charge is 0.298 e. The number of hydrogen-bond acceptors (Lipinski definition) is 3. The molecule has 0 N–H and O–H groups in total. The van der Waals surface area contributed by atoms with Crippen LogP contribution in [0.15, 0.2) is 30.6 Å². The van der Waals surface area contributed by atoms with Crippen molar-refractivity contribution in [2.45, 2.75) is 32.2 Å². The molecule has 0 amide bonds. The molecule has 20 heavy (non-hydrogen) atoms. The van der Waals surface area contributed by atoms with E-state index in [0.29, 0.717) is 5.92 Å². The second-order valence-corrected chi connectivity index (χ2v) is 5.80. The van der Waals surface area contributed by atoms with Crippen molar-refractivity contribution < 1.29 is 0 Å². The van der Waals surface area contributed by atoms with E-state index in [1.807, 2.05) is 17.9 Å². The predicted octanol–water partition coefficient (Wildman–Crippen LogP) is 2.50. The lowest BCUT2D eigenvalue weighted by molar-refractivity contribution is 0.198. The lowest BCUT2D eigenvalue weighted by Gasteiger charge is -2.32. The summed E-state index contributed by atoms with van der Waals surface area (Å²) in [4.78, 5) is 7.22. The van der Waals surface area contributed by atoms with Crippen LogP contribution in [-0.2, 0) is 13.6 Å². The van der Waals surface area contributed by atoms with Gasteiger partial charge in [0.2, 0.25) is 0 Å². The average molecular weight is 270 g/mol. The maximum atomic E-state index is 4.70. The van der Waals surface area contributed by atoms with Crippen molar-refractivity contribution in [2.24, 2.45) is 7.05 Å². The molecule has 1 fully saturated rings. The zero-order valence-corrected chi connectivity index (χ0v) is 12.3. The molecule has 0 saturated carbocycles. The Morgan fingerprint density at radius 1 is 1.35 bits per heavy atom. The molecule has 0 aromatic carbocycles. The van der Waals surface area contributed by atoms with Gasteiger partial charge in [-0.15, -0.1) is 0 Å². The highest BCUT2D eigenvalue weighted by Crippen LogP contribution is 2.26. The van der Waals surface area contributed by atoms with Gasteiger partial charge in [0.25, 0.3) is 0 Å². The topological polar surface area (TPSA) is 34.0 Å². The number of hydrogen-bond donors (Lipinski definition) is 0. The first-order valence-corrected chi connectivity index (χ1v) is 7.34. The molecule has 2 aromatic rings. The van der Waals surface area contributed by atoms with Gasteiger partial charge >= 0.3 is 0 Å². The highest BCUT2D eigenvalue weighted by molar-refractivity contribution is 5.15. The van der Waals surface area contributed by atoms with Crippen LogP contribution < -0.4 is 0 Å². The first-order valence-electron chi connectivity index (χ1n) is 7.34. The molecule has 0 unspecified atom stereocenters. The van der Waals surface area contributed by atoms with E-state index in [1.54, 1.807) is 0 Å². The smallest absolute Gasteiger partial charge is 0.0534 e. The summed E-state index contributed by atoms with van der Waals surface area (Å²) in [5.41, 5.74) is 3.66. The van der Waals surface area contributed by atoms with Crippen LogP contribution >= 0.6 is 0 Å². The Morgan fingerprint density at radius 3 is 3.00 bits per heavy atom. The molecule has 1 aliphatic rings. The molecular formula is C16H22N4. The Morgan fingerprint density at radius 2 is 2.25 bits per heavy atom. The zero-order valence-electron chi connectivity index (χ0n) is 12.3. The Labute approximate surface area is 120 Å². The van der Waals surface area contributed by atoms with Crippen molar-refractivity contribution in [3.8, 4) is 0 Å². The predicted molar refractivity (Wildman–Crippen MR) is 79.4 cm³/mol. The lowest BCUT2D eigenvalue weighted by Crippen LogP contribution is -2.34. The summed E-state index contributed by atoms with van der Waals surface area (Å²) < 4.78 is 1.87. The second-order valence-electron chi connectivity index (χ2n) is 5.80. The van der Waals surface area contributed by atoms with Crippen molar-refractivity contribution in [3.63, 3.8) is 0 Å². The van der Waals surface area contributed by atoms with E-state index < -0.39 is 0 Å². The minimum Gasteiger partial charge on any atom is -0.298 e. The maximum Gasteiger partial charge on any atom is 0.0534 e. The van der Waals surface area contributed by atoms with Crippen LogP contribution in [0.5, 0.6) is 0 Å². The van der Waals surface area contributed by atoms with Gasteiger partial charge < -0.3 is 0 Å². The number of aryl methyl sites for hydroxylation is 2. The Bertz CT molecular complexity index is 575. The Hall–Kier alpha value is -1.68. The molecule has 1 atom stereocenters. The molecule has 2 aromatic heterocycles. The summed E-state index contributed by atoms with van der Waals surface area (Å²) in [5, 5.41) is 4.25. The summed E-state index contributed by atoms with van der Waals surface area (Å²) >= 11 is 0. The maximum absolute atomic E-state index is 4.70. The van der Waals surface area contributed by atoms with Crippen LogP contribution in [0.4, 0.5) is 0 Å². The average Bonchev–Trinajstić information content (AvgIpc) is 2.84. The molecule has 0 aliphatic carbocycles. The van der Waals surface area contributed by atoms with Gasteiger partial charge in [0.1, 0.15) is 0 Å². The van der Waals surface area contributed by atoms with Crippen LogP contribution in [0, 0.1) is 6.92 Å². The van der Waals surface area contributed by atoms with E-state index in [1.165, 1.54) is 30.6 Å². The van der Waals surface area contributed by atoms with Gasteiger partial charge in [-0.2, -0.15) is 5.10 Å². The van der Waals surface area contributed by atoms with Crippen LogP contribution in [0.25, 0.3) is 0 Å². The fourth-order valence-electron chi connectivity index (χ4n) is 3.04. The van der Waals surface area contributed by atoms with Crippen LogP contribution in [0.3, 0.4) is 0 Å². The van der Waals surface area contributed by atoms with E-state index in [-0.39, 0.29) is 0 Å². The van der Waals surface area contributed by atoms with Crippen molar-refractivity contribution >= 4 is 0 Å². The summed E-state index contributed by atoms with van der Waals surface area (Å²) in [5.74, 6) is 0.570. The molecule has 0 radical (unpaired) electrons. The number of nitrogens with zero attached hydrogens (tertiary/aromatic N) is 4. The molecule has 1 saturated heterocycles. The number of pyridine rings is 1. The Balaban J connectivity index is 1.67. The van der Waals surface area contributed by atoms with Crippen molar-refractivity contribution in [1.29, 1.82) is 0 Å². The van der Waals surface area contributed by atoms with Crippen molar-refractivity contribution in [1.82, 2.24) is 19.7 Å². The molecule has 0 bridgehead atoms. The number of rotatable bonds is 3. The van der Waals surface area contributed by atoms with Gasteiger partial charge in [0.05, 0.1) is 6.20 Å². The van der Waals surface area contributed by atoms with Gasteiger partial charge in [-0.25, -0.2) is 0 Å². The Kier molecular flexibility index (Phi) is 3.83. The van der Waals surface area contributed by atoms with Crippen LogP contribution in [-0.4, -0.2) is 32.8 Å². The summed E-state index contributed by atoms with van der Waals surface area (Å²) in [6.07, 6.45) is 6.57. The molecular weight excluding hydrogens is 248 g/mol. The molecule has 4 heteroatoms. The third kappa shape index (κ3) is 3.07. The highest BCUT2D eigenvalue weighted by atomic mass is 15.2. The SMILES string of the molecule is Cc1cccc([C@@H]2CCCN(Cc3cnn(C)c3)C2)n1. The van der Waals surface area contributed by atoms with Gasteiger partial charge in [-0.1, -0.05) is 6.07 Å². The van der Waals surface area contributed by atoms with E-state index >= 15 is 0 Å². The zero-order chi connectivity index (χ0) is 13.9. The monoisotopic (exact) mass is 270 g/mol. The molecule has 4 nitrogen and oxygen atoms in total. The first-order chi connectivity index (χ1) is 9.70. The van der Waals surface area contributed by atoms with Gasteiger partial charge in [-0.3, -0.25) is 14.6 Å². The third-order valence-electron chi connectivity index (χ3n) is 4.00. The van der Waals surface area contributed by atoms with E-state index in [2.05, 4.69) is 41.3 Å². The number of piperidine rings is 1. The summed E-state index contributed by atoms with van der Waals surface area (Å²) in [6, 6.07) is 6.36. The minimum atomic E-state index is 0.570.